The molecule has 0 amide bonds. The van der Waals surface area contributed by atoms with Crippen molar-refractivity contribution in [1.29, 1.82) is 0 Å². The minimum absolute atomic E-state index is 0.171. The first kappa shape index (κ1) is 28.5. The van der Waals surface area contributed by atoms with Crippen LogP contribution in [0.5, 0.6) is 11.5 Å². The van der Waals surface area contributed by atoms with Crippen LogP contribution in [-0.2, 0) is 12.8 Å². The van der Waals surface area contributed by atoms with Crippen molar-refractivity contribution in [2.75, 3.05) is 13.2 Å². The average Bonchev–Trinajstić information content (AvgIpc) is 2.90. The molecule has 1 aliphatic carbocycles. The molecule has 0 unspecified atom stereocenters. The van der Waals surface area contributed by atoms with Crippen LogP contribution in [0, 0.1) is 5.82 Å². The molecule has 200 valence electrons. The van der Waals surface area contributed by atoms with Crippen molar-refractivity contribution in [3.63, 3.8) is 0 Å². The first-order valence-corrected chi connectivity index (χ1v) is 14.9. The predicted octanol–water partition coefficient (Wildman–Crippen LogP) is 10.2. The number of hydrogen-bond donors (Lipinski definition) is 0. The Bertz CT molecular complexity index is 891. The highest BCUT2D eigenvalue weighted by Crippen LogP contribution is 2.39. The number of unbranched alkanes of at least 4 members (excludes halogenated alkanes) is 13. The SMILES string of the molecule is CCCCCCCCCCCOc1ccc2c(c1)CCc1c-2ccc(OCCCCCCCC)c1F. The lowest BCUT2D eigenvalue weighted by molar-refractivity contribution is 0.289. The van der Waals surface area contributed by atoms with Gasteiger partial charge in [-0.05, 0) is 66.1 Å². The second-order valence-electron chi connectivity index (χ2n) is 10.5. The fourth-order valence-corrected chi connectivity index (χ4v) is 5.26. The summed E-state index contributed by atoms with van der Waals surface area (Å²) in [6.45, 7) is 5.87. The number of hydrogen-bond acceptors (Lipinski definition) is 2. The Hall–Kier alpha value is -2.03. The third-order valence-corrected chi connectivity index (χ3v) is 7.49. The third-order valence-electron chi connectivity index (χ3n) is 7.49. The van der Waals surface area contributed by atoms with Gasteiger partial charge in [-0.15, -0.1) is 0 Å². The molecule has 0 aromatic heterocycles. The lowest BCUT2D eigenvalue weighted by atomic mass is 9.85. The van der Waals surface area contributed by atoms with Gasteiger partial charge >= 0.3 is 0 Å². The van der Waals surface area contributed by atoms with E-state index >= 15 is 4.39 Å². The topological polar surface area (TPSA) is 18.5 Å². The van der Waals surface area contributed by atoms with E-state index in [1.807, 2.05) is 18.2 Å². The summed E-state index contributed by atoms with van der Waals surface area (Å²) in [5.41, 5.74) is 4.19. The molecular weight excluding hydrogens is 447 g/mol. The summed E-state index contributed by atoms with van der Waals surface area (Å²) in [7, 11) is 0. The maximum atomic E-state index is 15.2. The third kappa shape index (κ3) is 9.12. The van der Waals surface area contributed by atoms with Gasteiger partial charge in [0.1, 0.15) is 5.75 Å². The number of halogens is 1. The molecule has 0 fully saturated rings. The van der Waals surface area contributed by atoms with Crippen molar-refractivity contribution in [2.45, 2.75) is 123 Å². The van der Waals surface area contributed by atoms with Gasteiger partial charge in [0.05, 0.1) is 13.2 Å². The molecule has 2 nitrogen and oxygen atoms in total. The molecule has 0 N–H and O–H groups in total. The summed E-state index contributed by atoms with van der Waals surface area (Å²) < 4.78 is 27.1. The number of aryl methyl sites for hydroxylation is 1. The van der Waals surface area contributed by atoms with Crippen molar-refractivity contribution in [3.05, 3.63) is 47.3 Å². The van der Waals surface area contributed by atoms with E-state index in [4.69, 9.17) is 9.47 Å². The molecular formula is C33H49FO2. The summed E-state index contributed by atoms with van der Waals surface area (Å²) >= 11 is 0. The molecule has 3 rings (SSSR count). The zero-order valence-electron chi connectivity index (χ0n) is 23.0. The largest absolute Gasteiger partial charge is 0.494 e. The Morgan fingerprint density at radius 3 is 1.81 bits per heavy atom. The Balaban J connectivity index is 1.42. The van der Waals surface area contributed by atoms with Crippen LogP contribution in [0.3, 0.4) is 0 Å². The van der Waals surface area contributed by atoms with Crippen LogP contribution in [0.1, 0.15) is 121 Å². The zero-order valence-corrected chi connectivity index (χ0v) is 23.0. The highest BCUT2D eigenvalue weighted by Gasteiger charge is 2.22. The summed E-state index contributed by atoms with van der Waals surface area (Å²) in [5, 5.41) is 0. The second kappa shape index (κ2) is 16.7. The van der Waals surface area contributed by atoms with E-state index in [0.29, 0.717) is 18.8 Å². The monoisotopic (exact) mass is 496 g/mol. The van der Waals surface area contributed by atoms with E-state index < -0.39 is 0 Å². The van der Waals surface area contributed by atoms with Crippen molar-refractivity contribution >= 4 is 0 Å². The van der Waals surface area contributed by atoms with Crippen LogP contribution in [0.25, 0.3) is 11.1 Å². The van der Waals surface area contributed by atoms with Crippen LogP contribution in [0.15, 0.2) is 30.3 Å². The van der Waals surface area contributed by atoms with Gasteiger partial charge < -0.3 is 9.47 Å². The zero-order chi connectivity index (χ0) is 25.4. The highest BCUT2D eigenvalue weighted by atomic mass is 19.1. The van der Waals surface area contributed by atoms with Crippen LogP contribution in [0.2, 0.25) is 0 Å². The van der Waals surface area contributed by atoms with E-state index in [-0.39, 0.29) is 5.82 Å². The van der Waals surface area contributed by atoms with Gasteiger partial charge in [-0.3, -0.25) is 0 Å². The van der Waals surface area contributed by atoms with Gasteiger partial charge in [0.15, 0.2) is 11.6 Å². The molecule has 0 bridgehead atoms. The minimum atomic E-state index is -0.171. The molecule has 0 atom stereocenters. The van der Waals surface area contributed by atoms with Gasteiger partial charge in [-0.2, -0.15) is 0 Å². The number of ether oxygens (including phenoxy) is 2. The standard InChI is InChI=1S/C33H49FO2/c1-3-5-7-9-11-12-13-15-16-24-35-28-19-21-29-27(26-28)18-20-31-30(29)22-23-32(33(31)34)36-25-17-14-10-8-6-4-2/h19,21-23,26H,3-18,20,24-25H2,1-2H3. The van der Waals surface area contributed by atoms with Gasteiger partial charge in [0.2, 0.25) is 0 Å². The normalized spacial score (nSPS) is 12.3. The van der Waals surface area contributed by atoms with Gasteiger partial charge in [0, 0.05) is 0 Å². The quantitative estimate of drug-likeness (QED) is 0.180. The number of benzene rings is 2. The van der Waals surface area contributed by atoms with Crippen LogP contribution in [0.4, 0.5) is 4.39 Å². The molecule has 0 aliphatic heterocycles. The minimum Gasteiger partial charge on any atom is -0.494 e. The molecule has 0 radical (unpaired) electrons. The summed E-state index contributed by atoms with van der Waals surface area (Å²) in [4.78, 5) is 0. The number of fused-ring (bicyclic) bond motifs is 3. The van der Waals surface area contributed by atoms with Crippen LogP contribution >= 0.6 is 0 Å². The molecule has 3 heteroatoms. The predicted molar refractivity (Wildman–Crippen MR) is 151 cm³/mol. The second-order valence-corrected chi connectivity index (χ2v) is 10.5. The Morgan fingerprint density at radius 1 is 0.611 bits per heavy atom. The van der Waals surface area contributed by atoms with Crippen LogP contribution < -0.4 is 9.47 Å². The van der Waals surface area contributed by atoms with E-state index in [0.717, 1.165) is 54.7 Å². The van der Waals surface area contributed by atoms with Crippen molar-refractivity contribution in [1.82, 2.24) is 0 Å². The molecule has 0 spiro atoms. The molecule has 2 aromatic rings. The fraction of sp³-hybridized carbons (Fsp3) is 0.636. The summed E-state index contributed by atoms with van der Waals surface area (Å²) in [6, 6.07) is 10.2. The first-order valence-electron chi connectivity index (χ1n) is 14.9. The van der Waals surface area contributed by atoms with Crippen molar-refractivity contribution in [2.24, 2.45) is 0 Å². The average molecular weight is 497 g/mol. The molecule has 2 aromatic carbocycles. The maximum Gasteiger partial charge on any atom is 0.168 e. The van der Waals surface area contributed by atoms with Gasteiger partial charge in [-0.1, -0.05) is 109 Å². The first-order chi connectivity index (χ1) is 17.7. The lowest BCUT2D eigenvalue weighted by Crippen LogP contribution is -2.09. The van der Waals surface area contributed by atoms with E-state index in [1.165, 1.54) is 82.6 Å². The molecule has 0 saturated heterocycles. The maximum absolute atomic E-state index is 15.2. The Kier molecular flexibility index (Phi) is 13.2. The van der Waals surface area contributed by atoms with Gasteiger partial charge in [-0.25, -0.2) is 4.39 Å². The van der Waals surface area contributed by atoms with E-state index in [2.05, 4.69) is 26.0 Å². The summed E-state index contributed by atoms with van der Waals surface area (Å²) in [5.74, 6) is 1.18. The van der Waals surface area contributed by atoms with Crippen molar-refractivity contribution < 1.29 is 13.9 Å². The Labute approximate surface area is 220 Å². The highest BCUT2D eigenvalue weighted by molar-refractivity contribution is 5.75. The summed E-state index contributed by atoms with van der Waals surface area (Å²) in [6.07, 6.45) is 20.7. The lowest BCUT2D eigenvalue weighted by Gasteiger charge is -2.22. The van der Waals surface area contributed by atoms with E-state index in [1.54, 1.807) is 0 Å². The fourth-order valence-electron chi connectivity index (χ4n) is 5.26. The van der Waals surface area contributed by atoms with Crippen LogP contribution in [-0.4, -0.2) is 13.2 Å². The van der Waals surface area contributed by atoms with Gasteiger partial charge in [0.25, 0.3) is 0 Å². The number of rotatable bonds is 19. The van der Waals surface area contributed by atoms with Crippen molar-refractivity contribution in [3.8, 4) is 22.6 Å². The molecule has 1 aliphatic rings. The smallest absolute Gasteiger partial charge is 0.168 e. The molecule has 36 heavy (non-hydrogen) atoms. The molecule has 0 saturated carbocycles. The Morgan fingerprint density at radius 2 is 1.17 bits per heavy atom. The van der Waals surface area contributed by atoms with E-state index in [9.17, 15) is 0 Å². The molecule has 0 heterocycles.